The van der Waals surface area contributed by atoms with E-state index >= 15 is 0 Å². The summed E-state index contributed by atoms with van der Waals surface area (Å²) in [7, 11) is 0. The van der Waals surface area contributed by atoms with E-state index in [2.05, 4.69) is 49.4 Å². The Kier molecular flexibility index (Phi) is 6.66. The zero-order valence-corrected chi connectivity index (χ0v) is 21.0. The minimum absolute atomic E-state index is 0.0128. The number of hydrogen-bond donors (Lipinski definition) is 2. The van der Waals surface area contributed by atoms with Crippen molar-refractivity contribution >= 4 is 55.2 Å². The number of carbonyl (C=O) groups is 1. The molecule has 1 amide bonds. The van der Waals surface area contributed by atoms with Gasteiger partial charge < -0.3 is 10.3 Å². The summed E-state index contributed by atoms with van der Waals surface area (Å²) in [5, 5.41) is 5.76. The van der Waals surface area contributed by atoms with Gasteiger partial charge in [0.15, 0.2) is 0 Å². The van der Waals surface area contributed by atoms with Crippen LogP contribution in [0.1, 0.15) is 35.8 Å². The zero-order valence-electron chi connectivity index (χ0n) is 17.8. The molecule has 33 heavy (non-hydrogen) atoms. The molecule has 0 saturated carbocycles. The van der Waals surface area contributed by atoms with Gasteiger partial charge in [0, 0.05) is 15.4 Å². The molecule has 2 aromatic heterocycles. The van der Waals surface area contributed by atoms with Gasteiger partial charge in [-0.05, 0) is 48.1 Å². The highest BCUT2D eigenvalue weighted by Crippen LogP contribution is 2.32. The van der Waals surface area contributed by atoms with Crippen molar-refractivity contribution in [3.8, 4) is 11.1 Å². The number of thioether (sulfide) groups is 1. The minimum Gasteiger partial charge on any atom is -0.349 e. The number of halogens is 1. The number of thiophene rings is 1. The Labute approximate surface area is 208 Å². The summed E-state index contributed by atoms with van der Waals surface area (Å²) in [4.78, 5) is 33.6. The second-order valence-corrected chi connectivity index (χ2v) is 10.8. The molecule has 0 bridgehead atoms. The van der Waals surface area contributed by atoms with Gasteiger partial charge in [0.25, 0.3) is 5.56 Å². The van der Waals surface area contributed by atoms with E-state index in [-0.39, 0.29) is 17.5 Å². The number of aromatic nitrogens is 2. The second kappa shape index (κ2) is 9.83. The molecule has 0 saturated heterocycles. The van der Waals surface area contributed by atoms with Crippen molar-refractivity contribution in [3.63, 3.8) is 0 Å². The predicted octanol–water partition coefficient (Wildman–Crippen LogP) is 5.84. The number of benzene rings is 2. The largest absolute Gasteiger partial charge is 0.349 e. The van der Waals surface area contributed by atoms with Crippen molar-refractivity contribution in [1.29, 1.82) is 0 Å². The highest BCUT2D eigenvalue weighted by atomic mass is 79.9. The van der Waals surface area contributed by atoms with Gasteiger partial charge in [0.1, 0.15) is 10.7 Å². The van der Waals surface area contributed by atoms with Gasteiger partial charge in [0.05, 0.1) is 22.9 Å². The van der Waals surface area contributed by atoms with Gasteiger partial charge >= 0.3 is 0 Å². The molecule has 2 aromatic carbocycles. The van der Waals surface area contributed by atoms with E-state index in [1.54, 1.807) is 0 Å². The standard InChI is InChI=1S/C25H22BrN3O2S2/c26-17-10-8-16(9-11-17)19-12-33-25-23(19)24(31)28-21(29-25)13-32-14-22(30)27-20-7-3-5-15-4-1-2-6-18(15)20/h1-2,4,6,8-12,20H,3,5,7,13-14H2,(H,27,30)(H,28,29,31). The Morgan fingerprint density at radius 1 is 1.21 bits per heavy atom. The summed E-state index contributed by atoms with van der Waals surface area (Å²) in [5.74, 6) is 1.41. The molecule has 8 heteroatoms. The number of H-pyrrole nitrogens is 1. The average Bonchev–Trinajstić information content (AvgIpc) is 3.24. The lowest BCUT2D eigenvalue weighted by Crippen LogP contribution is -2.32. The van der Waals surface area contributed by atoms with Crippen LogP contribution in [0, 0.1) is 0 Å². The van der Waals surface area contributed by atoms with E-state index in [9.17, 15) is 9.59 Å². The van der Waals surface area contributed by atoms with Crippen LogP contribution >= 0.6 is 39.0 Å². The van der Waals surface area contributed by atoms with Crippen LogP contribution < -0.4 is 10.9 Å². The maximum Gasteiger partial charge on any atom is 0.260 e. The molecule has 0 spiro atoms. The van der Waals surface area contributed by atoms with E-state index in [0.717, 1.165) is 39.7 Å². The van der Waals surface area contributed by atoms with Gasteiger partial charge in [-0.2, -0.15) is 0 Å². The van der Waals surface area contributed by atoms with E-state index in [4.69, 9.17) is 0 Å². The van der Waals surface area contributed by atoms with E-state index in [1.807, 2.05) is 35.7 Å². The van der Waals surface area contributed by atoms with Crippen molar-refractivity contribution in [2.45, 2.75) is 31.1 Å². The molecule has 0 radical (unpaired) electrons. The average molecular weight is 541 g/mol. The van der Waals surface area contributed by atoms with Crippen LogP contribution in [0.4, 0.5) is 0 Å². The van der Waals surface area contributed by atoms with Gasteiger partial charge in [-0.3, -0.25) is 9.59 Å². The first-order valence-electron chi connectivity index (χ1n) is 10.8. The van der Waals surface area contributed by atoms with Crippen molar-refractivity contribution in [3.05, 3.63) is 85.7 Å². The Morgan fingerprint density at radius 3 is 2.88 bits per heavy atom. The first-order chi connectivity index (χ1) is 16.1. The molecule has 1 atom stereocenters. The van der Waals surface area contributed by atoms with Crippen LogP contribution in [0.2, 0.25) is 0 Å². The fourth-order valence-corrected chi connectivity index (χ4v) is 6.22. The van der Waals surface area contributed by atoms with Gasteiger partial charge in [-0.25, -0.2) is 4.98 Å². The molecule has 5 rings (SSSR count). The number of nitrogens with zero attached hydrogens (tertiary/aromatic N) is 1. The molecule has 168 valence electrons. The predicted molar refractivity (Wildman–Crippen MR) is 140 cm³/mol. The number of rotatable bonds is 6. The number of aromatic amines is 1. The summed E-state index contributed by atoms with van der Waals surface area (Å²) >= 11 is 6.37. The molecule has 1 unspecified atom stereocenters. The lowest BCUT2D eigenvalue weighted by atomic mass is 9.88. The normalized spacial score (nSPS) is 15.4. The third-order valence-electron chi connectivity index (χ3n) is 5.82. The fraction of sp³-hybridized carbons (Fsp3) is 0.240. The Balaban J connectivity index is 1.23. The third-order valence-corrected chi connectivity index (χ3v) is 8.17. The zero-order chi connectivity index (χ0) is 22.8. The first-order valence-corrected chi connectivity index (χ1v) is 13.6. The highest BCUT2D eigenvalue weighted by molar-refractivity contribution is 9.10. The second-order valence-electron chi connectivity index (χ2n) is 8.05. The number of hydrogen-bond acceptors (Lipinski definition) is 5. The summed E-state index contributed by atoms with van der Waals surface area (Å²) in [6.45, 7) is 0. The van der Waals surface area contributed by atoms with E-state index in [1.165, 1.54) is 34.2 Å². The number of nitrogens with one attached hydrogen (secondary N) is 2. The van der Waals surface area contributed by atoms with Crippen LogP contribution in [-0.4, -0.2) is 21.6 Å². The van der Waals surface area contributed by atoms with Crippen molar-refractivity contribution in [1.82, 2.24) is 15.3 Å². The summed E-state index contributed by atoms with van der Waals surface area (Å²) in [6.07, 6.45) is 3.13. The number of amides is 1. The summed E-state index contributed by atoms with van der Waals surface area (Å²) in [5.41, 5.74) is 4.30. The van der Waals surface area contributed by atoms with Crippen LogP contribution in [0.3, 0.4) is 0 Å². The Morgan fingerprint density at radius 2 is 2.03 bits per heavy atom. The van der Waals surface area contributed by atoms with Crippen LogP contribution in [0.5, 0.6) is 0 Å². The molecule has 5 nitrogen and oxygen atoms in total. The van der Waals surface area contributed by atoms with Crippen LogP contribution in [-0.2, 0) is 17.0 Å². The summed E-state index contributed by atoms with van der Waals surface area (Å²) in [6, 6.07) is 16.3. The number of carbonyl (C=O) groups excluding carboxylic acids is 1. The van der Waals surface area contributed by atoms with Crippen molar-refractivity contribution in [2.75, 3.05) is 5.75 Å². The van der Waals surface area contributed by atoms with Gasteiger partial charge in [-0.15, -0.1) is 23.1 Å². The molecule has 2 heterocycles. The number of aryl methyl sites for hydroxylation is 1. The maximum atomic E-state index is 12.8. The molecule has 2 N–H and O–H groups in total. The van der Waals surface area contributed by atoms with Crippen LogP contribution in [0.25, 0.3) is 21.3 Å². The van der Waals surface area contributed by atoms with Crippen molar-refractivity contribution < 1.29 is 4.79 Å². The minimum atomic E-state index is -0.141. The molecular formula is C25H22BrN3O2S2. The first kappa shape index (κ1) is 22.4. The Hall–Kier alpha value is -2.42. The van der Waals surface area contributed by atoms with Crippen molar-refractivity contribution in [2.24, 2.45) is 0 Å². The SMILES string of the molecule is O=C(CSCc1nc2scc(-c3ccc(Br)cc3)c2c(=O)[nH]1)NC1CCCc2ccccc21. The molecule has 1 aliphatic rings. The number of fused-ring (bicyclic) bond motifs is 2. The lowest BCUT2D eigenvalue weighted by Gasteiger charge is -2.26. The van der Waals surface area contributed by atoms with Crippen LogP contribution in [0.15, 0.2) is 63.2 Å². The van der Waals surface area contributed by atoms with Gasteiger partial charge in [-0.1, -0.05) is 52.3 Å². The molecule has 0 fully saturated rings. The molecular weight excluding hydrogens is 518 g/mol. The summed E-state index contributed by atoms with van der Waals surface area (Å²) < 4.78 is 0.994. The van der Waals surface area contributed by atoms with E-state index in [0.29, 0.717) is 22.7 Å². The Bertz CT molecular complexity index is 1360. The quantitative estimate of drug-likeness (QED) is 0.322. The van der Waals surface area contributed by atoms with E-state index < -0.39 is 0 Å². The molecule has 4 aromatic rings. The smallest absolute Gasteiger partial charge is 0.260 e. The topological polar surface area (TPSA) is 74.8 Å². The highest BCUT2D eigenvalue weighted by Gasteiger charge is 2.21. The monoisotopic (exact) mass is 539 g/mol. The lowest BCUT2D eigenvalue weighted by molar-refractivity contribution is -0.119. The molecule has 1 aliphatic carbocycles. The van der Waals surface area contributed by atoms with Gasteiger partial charge in [0.2, 0.25) is 5.91 Å². The molecule has 0 aliphatic heterocycles. The maximum absolute atomic E-state index is 12.8. The fourth-order valence-electron chi connectivity index (χ4n) is 4.28. The third kappa shape index (κ3) is 4.93.